The summed E-state index contributed by atoms with van der Waals surface area (Å²) in [5.41, 5.74) is 0. The Morgan fingerprint density at radius 1 is 1.17 bits per heavy atom. The molecule has 1 aliphatic heterocycles. The zero-order valence-corrected chi connectivity index (χ0v) is 18.3. The number of rotatable bonds is 7. The highest BCUT2D eigenvalue weighted by Crippen LogP contribution is 2.23. The van der Waals surface area contributed by atoms with Crippen LogP contribution in [0.1, 0.15) is 39.5 Å². The number of ether oxygens (including phenoxy) is 1. The number of piperazine rings is 1. The Hall–Kier alpha value is -1.64. The fourth-order valence-corrected chi connectivity index (χ4v) is 5.70. The normalized spacial score (nSPS) is 24.2. The van der Waals surface area contributed by atoms with Gasteiger partial charge in [-0.3, -0.25) is 4.79 Å². The molecule has 1 saturated carbocycles. The maximum absolute atomic E-state index is 12.9. The smallest absolute Gasteiger partial charge is 0.275 e. The minimum atomic E-state index is -3.51. The molecule has 2 aliphatic rings. The van der Waals surface area contributed by atoms with E-state index < -0.39 is 10.0 Å². The number of carbonyl (C=O) groups excluding carboxylic acids is 1. The van der Waals surface area contributed by atoms with Crippen molar-refractivity contribution in [2.45, 2.75) is 50.5 Å². The van der Waals surface area contributed by atoms with Gasteiger partial charge < -0.3 is 15.0 Å². The second-order valence-corrected chi connectivity index (χ2v) is 10.1. The van der Waals surface area contributed by atoms with Gasteiger partial charge in [0.25, 0.3) is 5.91 Å². The number of nitrogens with one attached hydrogen (secondary N) is 2. The van der Waals surface area contributed by atoms with Crippen LogP contribution in [-0.2, 0) is 14.8 Å². The van der Waals surface area contributed by atoms with Gasteiger partial charge in [0.15, 0.2) is 6.54 Å². The highest BCUT2D eigenvalue weighted by Gasteiger charge is 2.32. The minimum Gasteiger partial charge on any atom is -0.494 e. The second kappa shape index (κ2) is 9.91. The van der Waals surface area contributed by atoms with Crippen molar-refractivity contribution >= 4 is 15.9 Å². The first-order valence-electron chi connectivity index (χ1n) is 10.8. The summed E-state index contributed by atoms with van der Waals surface area (Å²) in [7, 11) is -3.51. The van der Waals surface area contributed by atoms with E-state index >= 15 is 0 Å². The molecule has 1 heterocycles. The van der Waals surface area contributed by atoms with E-state index in [4.69, 9.17) is 4.74 Å². The van der Waals surface area contributed by atoms with E-state index in [0.717, 1.165) is 11.3 Å². The minimum absolute atomic E-state index is 0.0848. The standard InChI is InChI=1S/C21H33N3O4S/c1-3-28-18-8-10-19(11-9-18)29(26,27)24-14-12-23(13-15-24)16-21(25)22-20-7-5-4-6-17(20)2/h8-11,17,20H,3-7,12-16H2,1-2H3,(H,22,25)/p+1/t17-,20+/m0/s1. The van der Waals surface area contributed by atoms with Crippen LogP contribution in [0.5, 0.6) is 5.75 Å². The lowest BCUT2D eigenvalue weighted by Gasteiger charge is -2.33. The fourth-order valence-electron chi connectivity index (χ4n) is 4.26. The lowest BCUT2D eigenvalue weighted by atomic mass is 9.86. The molecule has 0 aromatic heterocycles. The average molecular weight is 425 g/mol. The van der Waals surface area contributed by atoms with Gasteiger partial charge >= 0.3 is 0 Å². The highest BCUT2D eigenvalue weighted by molar-refractivity contribution is 7.89. The molecule has 1 aromatic rings. The maximum atomic E-state index is 12.9. The van der Waals surface area contributed by atoms with E-state index in [0.29, 0.717) is 51.0 Å². The largest absolute Gasteiger partial charge is 0.494 e. The second-order valence-electron chi connectivity index (χ2n) is 8.17. The number of quaternary nitrogens is 1. The van der Waals surface area contributed by atoms with E-state index in [1.54, 1.807) is 24.3 Å². The zero-order valence-electron chi connectivity index (χ0n) is 17.5. The first kappa shape index (κ1) is 22.1. The summed E-state index contributed by atoms with van der Waals surface area (Å²) in [6.45, 7) is 7.21. The molecule has 162 valence electrons. The number of sulfonamides is 1. The molecule has 7 nitrogen and oxygen atoms in total. The molecule has 0 bridgehead atoms. The number of hydrogen-bond donors (Lipinski definition) is 2. The Morgan fingerprint density at radius 3 is 2.45 bits per heavy atom. The lowest BCUT2D eigenvalue weighted by molar-refractivity contribution is -0.895. The molecule has 1 aliphatic carbocycles. The summed E-state index contributed by atoms with van der Waals surface area (Å²) in [6, 6.07) is 6.86. The van der Waals surface area contributed by atoms with E-state index in [1.165, 1.54) is 23.6 Å². The molecule has 0 unspecified atom stereocenters. The fraction of sp³-hybridized carbons (Fsp3) is 0.667. The van der Waals surface area contributed by atoms with Crippen LogP contribution >= 0.6 is 0 Å². The third-order valence-electron chi connectivity index (χ3n) is 6.07. The van der Waals surface area contributed by atoms with Gasteiger partial charge in [-0.05, 0) is 49.9 Å². The van der Waals surface area contributed by atoms with Crippen LogP contribution in [0.25, 0.3) is 0 Å². The molecule has 1 aromatic carbocycles. The number of nitrogens with zero attached hydrogens (tertiary/aromatic N) is 1. The van der Waals surface area contributed by atoms with Crippen molar-refractivity contribution < 1.29 is 22.8 Å². The molecular formula is C21H34N3O4S+. The third kappa shape index (κ3) is 5.71. The van der Waals surface area contributed by atoms with Crippen LogP contribution in [0.3, 0.4) is 0 Å². The molecule has 1 saturated heterocycles. The molecule has 2 fully saturated rings. The molecule has 8 heteroatoms. The lowest BCUT2D eigenvalue weighted by Crippen LogP contribution is -3.15. The quantitative estimate of drug-likeness (QED) is 0.674. The van der Waals surface area contributed by atoms with E-state index in [2.05, 4.69) is 12.2 Å². The Balaban J connectivity index is 1.49. The Morgan fingerprint density at radius 2 is 1.83 bits per heavy atom. The van der Waals surface area contributed by atoms with Crippen LogP contribution in [0.4, 0.5) is 0 Å². The molecule has 2 atom stereocenters. The predicted octanol–water partition coefficient (Wildman–Crippen LogP) is 0.669. The molecule has 2 N–H and O–H groups in total. The number of benzene rings is 1. The molecule has 1 amide bonds. The predicted molar refractivity (Wildman–Crippen MR) is 111 cm³/mol. The van der Waals surface area contributed by atoms with Crippen LogP contribution < -0.4 is 15.0 Å². The van der Waals surface area contributed by atoms with Gasteiger partial charge in [0.05, 0.1) is 37.7 Å². The molecule has 0 spiro atoms. The number of carbonyl (C=O) groups is 1. The Bertz CT molecular complexity index is 774. The van der Waals surface area contributed by atoms with E-state index in [-0.39, 0.29) is 16.8 Å². The van der Waals surface area contributed by atoms with Crippen molar-refractivity contribution in [2.75, 3.05) is 39.3 Å². The van der Waals surface area contributed by atoms with Gasteiger partial charge in [-0.2, -0.15) is 4.31 Å². The SMILES string of the molecule is CCOc1ccc(S(=O)(=O)N2CC[NH+](CC(=O)N[C@@H]3CCCC[C@@H]3C)CC2)cc1. The first-order valence-corrected chi connectivity index (χ1v) is 12.2. The maximum Gasteiger partial charge on any atom is 0.275 e. The van der Waals surface area contributed by atoms with Gasteiger partial charge in [-0.1, -0.05) is 19.8 Å². The van der Waals surface area contributed by atoms with Crippen molar-refractivity contribution in [3.63, 3.8) is 0 Å². The van der Waals surface area contributed by atoms with Gasteiger partial charge in [0, 0.05) is 6.04 Å². The van der Waals surface area contributed by atoms with Crippen LogP contribution in [0, 0.1) is 5.92 Å². The van der Waals surface area contributed by atoms with Gasteiger partial charge in [-0.15, -0.1) is 0 Å². The summed E-state index contributed by atoms with van der Waals surface area (Å²) in [5.74, 6) is 1.29. The monoisotopic (exact) mass is 424 g/mol. The topological polar surface area (TPSA) is 80.2 Å². The van der Waals surface area contributed by atoms with Crippen molar-refractivity contribution in [3.8, 4) is 5.75 Å². The van der Waals surface area contributed by atoms with Crippen LogP contribution in [-0.4, -0.2) is 64.0 Å². The molecular weight excluding hydrogens is 390 g/mol. The Kier molecular flexibility index (Phi) is 7.54. The summed E-state index contributed by atoms with van der Waals surface area (Å²) < 4.78 is 32.7. The van der Waals surface area contributed by atoms with Gasteiger partial charge in [-0.25, -0.2) is 8.42 Å². The van der Waals surface area contributed by atoms with E-state index in [9.17, 15) is 13.2 Å². The molecule has 0 radical (unpaired) electrons. The summed E-state index contributed by atoms with van der Waals surface area (Å²) in [6.07, 6.45) is 4.68. The Labute approximate surface area is 174 Å². The van der Waals surface area contributed by atoms with Crippen LogP contribution in [0.15, 0.2) is 29.2 Å². The summed E-state index contributed by atoms with van der Waals surface area (Å²) in [4.78, 5) is 13.9. The van der Waals surface area contributed by atoms with Crippen molar-refractivity contribution in [1.82, 2.24) is 9.62 Å². The summed E-state index contributed by atoms with van der Waals surface area (Å²) >= 11 is 0. The number of hydrogen-bond acceptors (Lipinski definition) is 4. The van der Waals surface area contributed by atoms with Gasteiger partial charge in [0.2, 0.25) is 10.0 Å². The molecule has 3 rings (SSSR count). The third-order valence-corrected chi connectivity index (χ3v) is 7.98. The highest BCUT2D eigenvalue weighted by atomic mass is 32.2. The number of amides is 1. The van der Waals surface area contributed by atoms with Crippen molar-refractivity contribution in [3.05, 3.63) is 24.3 Å². The average Bonchev–Trinajstić information content (AvgIpc) is 2.71. The van der Waals surface area contributed by atoms with E-state index in [1.807, 2.05) is 6.92 Å². The van der Waals surface area contributed by atoms with Crippen molar-refractivity contribution in [2.24, 2.45) is 5.92 Å². The zero-order chi connectivity index (χ0) is 20.9. The van der Waals surface area contributed by atoms with Gasteiger partial charge in [0.1, 0.15) is 5.75 Å². The van der Waals surface area contributed by atoms with Crippen molar-refractivity contribution in [1.29, 1.82) is 0 Å². The first-order chi connectivity index (χ1) is 13.9. The molecule has 29 heavy (non-hydrogen) atoms. The summed E-state index contributed by atoms with van der Waals surface area (Å²) in [5, 5.41) is 3.20. The van der Waals surface area contributed by atoms with Crippen LogP contribution in [0.2, 0.25) is 0 Å².